The Hall–Kier alpha value is -4.05. The highest BCUT2D eigenvalue weighted by molar-refractivity contribution is 9.10. The molecule has 0 saturated heterocycles. The number of hydrogen-bond acceptors (Lipinski definition) is 6. The number of nitrogens with zero attached hydrogens (tertiary/aromatic N) is 4. The number of nitrogens with one attached hydrogen (secondary N) is 2. The fraction of sp³-hybridized carbons (Fsp3) is 0.160. The number of rotatable bonds is 6. The summed E-state index contributed by atoms with van der Waals surface area (Å²) in [6.07, 6.45) is 1.63. The fourth-order valence-corrected chi connectivity index (χ4v) is 4.03. The van der Waals surface area contributed by atoms with Gasteiger partial charge in [-0.2, -0.15) is 5.10 Å². The molecule has 4 aromatic rings. The van der Waals surface area contributed by atoms with E-state index in [1.165, 1.54) is 0 Å². The number of aromatic nitrogens is 4. The van der Waals surface area contributed by atoms with Crippen LogP contribution in [0.15, 0.2) is 65.3 Å². The van der Waals surface area contributed by atoms with E-state index >= 15 is 0 Å². The number of benzene rings is 2. The number of hydrogen-bond donors (Lipinski definition) is 2. The van der Waals surface area contributed by atoms with E-state index in [4.69, 9.17) is 4.74 Å². The summed E-state index contributed by atoms with van der Waals surface area (Å²) in [6.45, 7) is 2.95. The maximum atomic E-state index is 12.4. The Bertz CT molecular complexity index is 1420. The third-order valence-corrected chi connectivity index (χ3v) is 5.91. The second-order valence-electron chi connectivity index (χ2n) is 8.00. The molecular formula is C25H21BrN6O3. The molecule has 0 atom stereocenters. The van der Waals surface area contributed by atoms with Gasteiger partial charge in [-0.3, -0.25) is 14.3 Å². The van der Waals surface area contributed by atoms with E-state index in [-0.39, 0.29) is 18.4 Å². The van der Waals surface area contributed by atoms with Crippen LogP contribution in [0.4, 0.5) is 5.69 Å². The Morgan fingerprint density at radius 3 is 2.77 bits per heavy atom. The predicted octanol–water partition coefficient (Wildman–Crippen LogP) is 3.84. The van der Waals surface area contributed by atoms with E-state index in [1.54, 1.807) is 29.1 Å². The van der Waals surface area contributed by atoms with Gasteiger partial charge in [-0.05, 0) is 49.4 Å². The summed E-state index contributed by atoms with van der Waals surface area (Å²) in [4.78, 5) is 33.6. The van der Waals surface area contributed by atoms with Crippen LogP contribution >= 0.6 is 15.9 Å². The molecular weight excluding hydrogens is 512 g/mol. The average molecular weight is 533 g/mol. The van der Waals surface area contributed by atoms with Crippen LogP contribution in [-0.4, -0.2) is 44.7 Å². The van der Waals surface area contributed by atoms with Crippen molar-refractivity contribution in [1.29, 1.82) is 0 Å². The lowest BCUT2D eigenvalue weighted by Crippen LogP contribution is -2.35. The molecule has 2 N–H and O–H groups in total. The van der Waals surface area contributed by atoms with Crippen LogP contribution in [0.2, 0.25) is 0 Å². The minimum Gasteiger partial charge on any atom is -0.483 e. The number of fused-ring (bicyclic) bond motifs is 1. The summed E-state index contributed by atoms with van der Waals surface area (Å²) in [6, 6.07) is 16.4. The Labute approximate surface area is 209 Å². The number of carbonyl (C=O) groups is 2. The van der Waals surface area contributed by atoms with Gasteiger partial charge in [0.05, 0.1) is 17.8 Å². The van der Waals surface area contributed by atoms with Crippen molar-refractivity contribution < 1.29 is 14.3 Å². The van der Waals surface area contributed by atoms with Crippen LogP contribution < -0.4 is 15.4 Å². The number of ether oxygens (including phenoxy) is 1. The highest BCUT2D eigenvalue weighted by atomic mass is 79.9. The van der Waals surface area contributed by atoms with Crippen molar-refractivity contribution >= 4 is 33.4 Å². The molecule has 0 spiro atoms. The van der Waals surface area contributed by atoms with Gasteiger partial charge in [0.1, 0.15) is 17.1 Å². The molecule has 0 unspecified atom stereocenters. The van der Waals surface area contributed by atoms with Gasteiger partial charge in [0.2, 0.25) is 0 Å². The molecule has 35 heavy (non-hydrogen) atoms. The van der Waals surface area contributed by atoms with Gasteiger partial charge < -0.3 is 15.4 Å². The molecule has 1 aliphatic heterocycles. The predicted molar refractivity (Wildman–Crippen MR) is 134 cm³/mol. The number of halogens is 1. The Kier molecular flexibility index (Phi) is 6.28. The quantitative estimate of drug-likeness (QED) is 0.390. The molecule has 3 heterocycles. The third-order valence-electron chi connectivity index (χ3n) is 5.42. The molecule has 176 valence electrons. The van der Waals surface area contributed by atoms with Crippen molar-refractivity contribution in [3.8, 4) is 28.5 Å². The van der Waals surface area contributed by atoms with E-state index in [0.29, 0.717) is 53.0 Å². The summed E-state index contributed by atoms with van der Waals surface area (Å²) in [5.41, 5.74) is 4.08. The highest BCUT2D eigenvalue weighted by Crippen LogP contribution is 2.32. The van der Waals surface area contributed by atoms with E-state index in [2.05, 4.69) is 41.6 Å². The van der Waals surface area contributed by atoms with Crippen LogP contribution in [0.25, 0.3) is 22.8 Å². The Balaban J connectivity index is 1.38. The number of aryl methyl sites for hydroxylation is 1. The summed E-state index contributed by atoms with van der Waals surface area (Å²) in [5.74, 6) is 0.441. The lowest BCUT2D eigenvalue weighted by Gasteiger charge is -2.13. The molecule has 10 heteroatoms. The first-order valence-electron chi connectivity index (χ1n) is 10.9. The third kappa shape index (κ3) is 5.07. The largest absolute Gasteiger partial charge is 0.483 e. The molecule has 0 saturated carbocycles. The first kappa shape index (κ1) is 22.7. The normalized spacial score (nSPS) is 12.6. The number of carbonyl (C=O) groups excluding carboxylic acids is 2. The zero-order valence-corrected chi connectivity index (χ0v) is 20.4. The molecule has 2 aromatic carbocycles. The minimum absolute atomic E-state index is 0.157. The van der Waals surface area contributed by atoms with Crippen molar-refractivity contribution in [2.45, 2.75) is 13.5 Å². The average Bonchev–Trinajstić information content (AvgIpc) is 3.31. The highest BCUT2D eigenvalue weighted by Gasteiger charge is 2.21. The topological polar surface area (TPSA) is 111 Å². The van der Waals surface area contributed by atoms with Gasteiger partial charge in [-0.25, -0.2) is 9.97 Å². The number of amides is 2. The molecule has 0 aliphatic carbocycles. The van der Waals surface area contributed by atoms with Crippen molar-refractivity contribution in [2.75, 3.05) is 18.5 Å². The van der Waals surface area contributed by atoms with Gasteiger partial charge in [-0.15, -0.1) is 0 Å². The minimum atomic E-state index is -0.278. The number of anilines is 1. The standard InChI is InChI=1S/C25H21BrN6O3/c1-15-2-5-17(6-3-15)29-23(33)14-35-22-7-4-16(26)12-18(22)24-27-9-8-19(30-24)20-13-21-25(34)28-10-11-32(21)31-20/h2-9,12-13H,10-11,14H2,1H3,(H,28,34)(H,29,33). The lowest BCUT2D eigenvalue weighted by molar-refractivity contribution is -0.118. The molecule has 2 amide bonds. The van der Waals surface area contributed by atoms with Crippen LogP contribution in [-0.2, 0) is 11.3 Å². The molecule has 5 rings (SSSR count). The van der Waals surface area contributed by atoms with Gasteiger partial charge in [-0.1, -0.05) is 33.6 Å². The van der Waals surface area contributed by atoms with Crippen molar-refractivity contribution in [1.82, 2.24) is 25.1 Å². The summed E-state index contributed by atoms with van der Waals surface area (Å²) in [5, 5.41) is 10.2. The summed E-state index contributed by atoms with van der Waals surface area (Å²) >= 11 is 3.48. The molecule has 1 aliphatic rings. The monoisotopic (exact) mass is 532 g/mol. The van der Waals surface area contributed by atoms with Gasteiger partial charge in [0.15, 0.2) is 12.4 Å². The first-order chi connectivity index (χ1) is 17.0. The molecule has 0 fully saturated rings. The smallest absolute Gasteiger partial charge is 0.269 e. The zero-order chi connectivity index (χ0) is 24.4. The van der Waals surface area contributed by atoms with Crippen molar-refractivity contribution in [3.63, 3.8) is 0 Å². The molecule has 2 aromatic heterocycles. The lowest BCUT2D eigenvalue weighted by atomic mass is 10.1. The maximum Gasteiger partial charge on any atom is 0.269 e. The second-order valence-corrected chi connectivity index (χ2v) is 8.92. The van der Waals surface area contributed by atoms with Crippen molar-refractivity contribution in [3.05, 3.63) is 76.5 Å². The van der Waals surface area contributed by atoms with Gasteiger partial charge >= 0.3 is 0 Å². The molecule has 0 bridgehead atoms. The van der Waals surface area contributed by atoms with Crippen LogP contribution in [0.3, 0.4) is 0 Å². The van der Waals surface area contributed by atoms with E-state index in [1.807, 2.05) is 43.3 Å². The zero-order valence-electron chi connectivity index (χ0n) is 18.8. The Morgan fingerprint density at radius 1 is 1.14 bits per heavy atom. The van der Waals surface area contributed by atoms with Crippen LogP contribution in [0, 0.1) is 6.92 Å². The first-order valence-corrected chi connectivity index (χ1v) is 11.7. The molecule has 9 nitrogen and oxygen atoms in total. The SMILES string of the molecule is Cc1ccc(NC(=O)COc2ccc(Br)cc2-c2nccc(-c3cc4n(n3)CCNC4=O)n2)cc1. The van der Waals surface area contributed by atoms with Crippen LogP contribution in [0.5, 0.6) is 5.75 Å². The maximum absolute atomic E-state index is 12.4. The van der Waals surface area contributed by atoms with Gasteiger partial charge in [0, 0.05) is 22.9 Å². The fourth-order valence-electron chi connectivity index (χ4n) is 3.67. The summed E-state index contributed by atoms with van der Waals surface area (Å²) in [7, 11) is 0. The second kappa shape index (κ2) is 9.67. The molecule has 0 radical (unpaired) electrons. The van der Waals surface area contributed by atoms with Gasteiger partial charge in [0.25, 0.3) is 11.8 Å². The van der Waals surface area contributed by atoms with Crippen molar-refractivity contribution in [2.24, 2.45) is 0 Å². The van der Waals surface area contributed by atoms with E-state index < -0.39 is 0 Å². The van der Waals surface area contributed by atoms with E-state index in [9.17, 15) is 9.59 Å². The van der Waals surface area contributed by atoms with Crippen LogP contribution in [0.1, 0.15) is 16.1 Å². The Morgan fingerprint density at radius 2 is 1.97 bits per heavy atom. The van der Waals surface area contributed by atoms with E-state index in [0.717, 1.165) is 10.0 Å². The summed E-state index contributed by atoms with van der Waals surface area (Å²) < 4.78 is 8.33.